The number of hydroxylamine groups is 1. The van der Waals surface area contributed by atoms with E-state index in [0.717, 1.165) is 19.0 Å². The van der Waals surface area contributed by atoms with Crippen LogP contribution in [0.4, 0.5) is 8.78 Å². The van der Waals surface area contributed by atoms with Crippen molar-refractivity contribution in [1.29, 1.82) is 0 Å². The molecule has 1 aromatic rings. The van der Waals surface area contributed by atoms with Crippen molar-refractivity contribution in [1.82, 2.24) is 10.8 Å². The number of hydrogen-bond acceptors (Lipinski definition) is 8. The molecule has 2 N–H and O–H groups in total. The number of rotatable bonds is 13. The lowest BCUT2D eigenvalue weighted by Gasteiger charge is -2.23. The number of esters is 1. The summed E-state index contributed by atoms with van der Waals surface area (Å²) in [5.41, 5.74) is 2.34. The summed E-state index contributed by atoms with van der Waals surface area (Å²) in [7, 11) is 0. The van der Waals surface area contributed by atoms with E-state index in [4.69, 9.17) is 32.7 Å². The molecule has 2 aliphatic rings. The van der Waals surface area contributed by atoms with E-state index in [0.29, 0.717) is 35.3 Å². The number of carbonyl (C=O) groups excluding carboxylic acids is 1. The van der Waals surface area contributed by atoms with E-state index in [2.05, 4.69) is 16.6 Å². The molecule has 1 aliphatic heterocycles. The van der Waals surface area contributed by atoms with Gasteiger partial charge in [0.1, 0.15) is 12.1 Å². The zero-order chi connectivity index (χ0) is 25.4. The summed E-state index contributed by atoms with van der Waals surface area (Å²) in [6.07, 6.45) is 3.39. The Hall–Kier alpha value is -1.98. The smallest absolute Gasteiger partial charge is 0.387 e. The molecule has 0 aromatic heterocycles. The monoisotopic (exact) mass is 549 g/mol. The van der Waals surface area contributed by atoms with Crippen molar-refractivity contribution < 1.29 is 27.8 Å². The predicted molar refractivity (Wildman–Crippen MR) is 133 cm³/mol. The molecule has 0 amide bonds. The number of ether oxygens (including phenoxy) is 3. The van der Waals surface area contributed by atoms with Crippen LogP contribution in [-0.4, -0.2) is 36.9 Å². The van der Waals surface area contributed by atoms with Gasteiger partial charge in [0.15, 0.2) is 11.5 Å². The maximum Gasteiger partial charge on any atom is 0.387 e. The highest BCUT2D eigenvalue weighted by Gasteiger charge is 2.30. The number of alkyl halides is 2. The number of allylic oxidation sites excluding steroid dienone is 3. The van der Waals surface area contributed by atoms with E-state index in [1.807, 2.05) is 0 Å². The van der Waals surface area contributed by atoms with Crippen LogP contribution >= 0.6 is 35.0 Å². The van der Waals surface area contributed by atoms with Crippen molar-refractivity contribution in [3.05, 3.63) is 63.5 Å². The molecule has 0 spiro atoms. The van der Waals surface area contributed by atoms with E-state index in [9.17, 15) is 18.8 Å². The molecule has 0 unspecified atom stereocenters. The van der Waals surface area contributed by atoms with Gasteiger partial charge in [-0.3, -0.25) is 10.1 Å². The number of benzene rings is 1. The first-order valence-corrected chi connectivity index (χ1v) is 12.7. The lowest BCUT2D eigenvalue weighted by molar-refractivity contribution is -0.151. The molecule has 0 bridgehead atoms. The van der Waals surface area contributed by atoms with Gasteiger partial charge in [0, 0.05) is 29.3 Å². The molecule has 192 valence electrons. The Bertz CT molecular complexity index is 969. The predicted octanol–water partition coefficient (Wildman–Crippen LogP) is 5.56. The summed E-state index contributed by atoms with van der Waals surface area (Å²) in [5, 5.41) is 14.1. The second-order valence-corrected chi connectivity index (χ2v) is 9.73. The Morgan fingerprint density at radius 3 is 2.71 bits per heavy atom. The molecule has 1 saturated heterocycles. The molecule has 2 fully saturated rings. The largest absolute Gasteiger partial charge is 0.761 e. The third-order valence-corrected chi connectivity index (χ3v) is 6.98. The second-order valence-electron chi connectivity index (χ2n) is 7.88. The molecular weight excluding hydrogens is 525 g/mol. The Kier molecular flexibility index (Phi) is 10.5. The summed E-state index contributed by atoms with van der Waals surface area (Å²) in [6.45, 7) is 0.947. The van der Waals surface area contributed by atoms with E-state index >= 15 is 0 Å². The van der Waals surface area contributed by atoms with Crippen LogP contribution in [0.1, 0.15) is 30.9 Å². The van der Waals surface area contributed by atoms with Gasteiger partial charge >= 0.3 is 12.6 Å². The number of nitrogens with one attached hydrogen (secondary N) is 2. The van der Waals surface area contributed by atoms with Crippen LogP contribution in [0, 0.1) is 11.1 Å². The lowest BCUT2D eigenvalue weighted by atomic mass is 9.99. The average Bonchev–Trinajstić information content (AvgIpc) is 3.50. The van der Waals surface area contributed by atoms with Gasteiger partial charge in [-0.05, 0) is 42.0 Å². The van der Waals surface area contributed by atoms with Crippen LogP contribution in [0.5, 0.6) is 11.5 Å². The summed E-state index contributed by atoms with van der Waals surface area (Å²) in [6, 6.07) is 3.83. The zero-order valence-corrected chi connectivity index (χ0v) is 20.9. The van der Waals surface area contributed by atoms with Crippen molar-refractivity contribution in [2.24, 2.45) is 5.92 Å². The van der Waals surface area contributed by atoms with Crippen LogP contribution in [0.2, 0.25) is 0 Å². The Morgan fingerprint density at radius 1 is 1.34 bits per heavy atom. The van der Waals surface area contributed by atoms with Crippen molar-refractivity contribution >= 4 is 40.9 Å². The van der Waals surface area contributed by atoms with Crippen LogP contribution in [0.25, 0.3) is 0 Å². The lowest BCUT2D eigenvalue weighted by Crippen LogP contribution is -2.35. The second kappa shape index (κ2) is 13.4. The maximum absolute atomic E-state index is 12.9. The number of thioether (sulfide) groups is 1. The van der Waals surface area contributed by atoms with Crippen molar-refractivity contribution in [2.45, 2.75) is 38.0 Å². The topological polar surface area (TPSA) is 91.9 Å². The molecular formula is C23H25Cl2F2N2O5S-. The zero-order valence-electron chi connectivity index (χ0n) is 18.6. The minimum Gasteiger partial charge on any atom is -0.761 e. The fourth-order valence-electron chi connectivity index (χ4n) is 3.28. The molecule has 1 aromatic carbocycles. The molecule has 12 heteroatoms. The minimum atomic E-state index is -3.03. The molecule has 1 heterocycles. The van der Waals surface area contributed by atoms with Gasteiger partial charge in [0.05, 0.1) is 11.6 Å². The number of carbonyl (C=O) groups is 1. The fourth-order valence-corrected chi connectivity index (χ4v) is 4.65. The first-order chi connectivity index (χ1) is 16.8. The normalized spacial score (nSPS) is 19.7. The van der Waals surface area contributed by atoms with Crippen LogP contribution < -0.4 is 20.3 Å². The van der Waals surface area contributed by atoms with Crippen molar-refractivity contribution in [2.75, 3.05) is 18.2 Å². The Morgan fingerprint density at radius 2 is 2.11 bits per heavy atom. The van der Waals surface area contributed by atoms with Gasteiger partial charge in [-0.1, -0.05) is 41.9 Å². The van der Waals surface area contributed by atoms with E-state index in [1.54, 1.807) is 17.2 Å². The first kappa shape index (κ1) is 27.6. The summed E-state index contributed by atoms with van der Waals surface area (Å²) in [4.78, 5) is 12.8. The molecule has 7 nitrogen and oxygen atoms in total. The SMILES string of the molecule is C=C/C(Cl)=C(C[C@H](OC(=O)[C@H]1CSCN1)c1ccc(OC(F)F)c(OCC2CC2)c1)\C(Cl)=C/N[O-]. The maximum atomic E-state index is 12.9. The summed E-state index contributed by atoms with van der Waals surface area (Å²) in [5.74, 6) is 0.997. The van der Waals surface area contributed by atoms with Crippen LogP contribution in [0.15, 0.2) is 52.7 Å². The third-order valence-electron chi connectivity index (χ3n) is 5.32. The first-order valence-electron chi connectivity index (χ1n) is 10.8. The Balaban J connectivity index is 1.95. The Labute approximate surface area is 216 Å². The van der Waals surface area contributed by atoms with E-state index in [-0.39, 0.29) is 28.0 Å². The highest BCUT2D eigenvalue weighted by atomic mass is 35.5. The summed E-state index contributed by atoms with van der Waals surface area (Å²) < 4.78 is 42.1. The van der Waals surface area contributed by atoms with Crippen molar-refractivity contribution in [3.63, 3.8) is 0 Å². The van der Waals surface area contributed by atoms with Gasteiger partial charge in [-0.15, -0.1) is 11.8 Å². The fraction of sp³-hybridized carbons (Fsp3) is 0.435. The van der Waals surface area contributed by atoms with Gasteiger partial charge in [-0.2, -0.15) is 8.78 Å². The van der Waals surface area contributed by atoms with Gasteiger partial charge in [0.2, 0.25) is 0 Å². The number of halogens is 4. The molecule has 2 atom stereocenters. The average molecular weight is 550 g/mol. The molecule has 1 saturated carbocycles. The molecule has 0 radical (unpaired) electrons. The molecule has 3 rings (SSSR count). The van der Waals surface area contributed by atoms with E-state index in [1.165, 1.54) is 24.3 Å². The van der Waals surface area contributed by atoms with Crippen LogP contribution in [-0.2, 0) is 9.53 Å². The molecule has 35 heavy (non-hydrogen) atoms. The van der Waals surface area contributed by atoms with Crippen molar-refractivity contribution in [3.8, 4) is 11.5 Å². The quantitative estimate of drug-likeness (QED) is 0.188. The van der Waals surface area contributed by atoms with Gasteiger partial charge in [0.25, 0.3) is 0 Å². The van der Waals surface area contributed by atoms with E-state index < -0.39 is 24.7 Å². The highest BCUT2D eigenvalue weighted by Crippen LogP contribution is 2.39. The number of hydrogen-bond donors (Lipinski definition) is 2. The van der Waals surface area contributed by atoms with Gasteiger partial charge in [-0.25, -0.2) is 0 Å². The molecule has 1 aliphatic carbocycles. The summed E-state index contributed by atoms with van der Waals surface area (Å²) >= 11 is 14.1. The van der Waals surface area contributed by atoms with Crippen LogP contribution in [0.3, 0.4) is 0 Å². The highest BCUT2D eigenvalue weighted by molar-refractivity contribution is 7.99. The third kappa shape index (κ3) is 8.28. The standard InChI is InChI=1S/C23H25Cl2F2N2O5S/c1-2-16(24)15(17(25)9-29-31)8-20(33-22(30)18-11-35-12-28-18)14-5-6-19(34-23(26)27)21(7-14)32-10-13-3-4-13/h2,5-7,9,13,18,20,23,28-29H,1,3-4,8,10-12H2/q-1/b16-15+,17-9+/t18-,20+/m1/s1. The minimum absolute atomic E-state index is 0.00311. The van der Waals surface area contributed by atoms with Gasteiger partial charge < -0.3 is 24.9 Å².